The van der Waals surface area contributed by atoms with Crippen molar-refractivity contribution < 1.29 is 14.6 Å². The van der Waals surface area contributed by atoms with E-state index in [1.165, 1.54) is 11.5 Å². The maximum Gasteiger partial charge on any atom is 0.360 e. The number of carbonyl (C=O) groups is 1. The summed E-state index contributed by atoms with van der Waals surface area (Å²) in [6.07, 6.45) is 2.42. The van der Waals surface area contributed by atoms with E-state index in [1.807, 2.05) is 20.8 Å². The van der Waals surface area contributed by atoms with Crippen LogP contribution in [0.15, 0.2) is 0 Å². The standard InChI is InChI=1S/C14H18N2O3S/c1-4-6-7-19-14(18)11-12(17)10-8(3)16-20-13(10)9(5-2)15-11/h17H,4-7H2,1-3H3. The summed E-state index contributed by atoms with van der Waals surface area (Å²) >= 11 is 1.30. The zero-order chi connectivity index (χ0) is 14.7. The number of aromatic nitrogens is 2. The first-order valence-corrected chi connectivity index (χ1v) is 7.52. The second kappa shape index (κ2) is 6.17. The predicted molar refractivity (Wildman–Crippen MR) is 78.4 cm³/mol. The minimum Gasteiger partial charge on any atom is -0.505 e. The molecule has 2 aromatic rings. The van der Waals surface area contributed by atoms with Gasteiger partial charge in [-0.3, -0.25) is 0 Å². The molecule has 2 rings (SSSR count). The Labute approximate surface area is 121 Å². The maximum absolute atomic E-state index is 12.0. The van der Waals surface area contributed by atoms with Crippen LogP contribution in [0.25, 0.3) is 10.1 Å². The molecule has 0 atom stereocenters. The summed E-state index contributed by atoms with van der Waals surface area (Å²) in [7, 11) is 0. The third-order valence-corrected chi connectivity index (χ3v) is 4.08. The Morgan fingerprint density at radius 2 is 2.15 bits per heavy atom. The Bertz CT molecular complexity index is 637. The van der Waals surface area contributed by atoms with Crippen molar-refractivity contribution in [3.05, 3.63) is 17.1 Å². The second-order valence-electron chi connectivity index (χ2n) is 4.57. The number of rotatable bonds is 5. The molecule has 0 saturated carbocycles. The molecular formula is C14H18N2O3S. The van der Waals surface area contributed by atoms with Crippen LogP contribution < -0.4 is 0 Å². The van der Waals surface area contributed by atoms with E-state index in [1.54, 1.807) is 0 Å². The van der Waals surface area contributed by atoms with E-state index in [2.05, 4.69) is 9.36 Å². The lowest BCUT2D eigenvalue weighted by atomic mass is 10.1. The van der Waals surface area contributed by atoms with Crippen LogP contribution in [-0.4, -0.2) is 27.0 Å². The largest absolute Gasteiger partial charge is 0.505 e. The summed E-state index contributed by atoms with van der Waals surface area (Å²) in [6, 6.07) is 0. The van der Waals surface area contributed by atoms with Gasteiger partial charge in [-0.15, -0.1) is 0 Å². The normalized spacial score (nSPS) is 10.9. The average Bonchev–Trinajstić information content (AvgIpc) is 2.82. The zero-order valence-electron chi connectivity index (χ0n) is 11.9. The molecule has 0 unspecified atom stereocenters. The number of hydrogen-bond donors (Lipinski definition) is 1. The van der Waals surface area contributed by atoms with Crippen LogP contribution in [-0.2, 0) is 11.2 Å². The van der Waals surface area contributed by atoms with E-state index in [-0.39, 0.29) is 11.4 Å². The molecule has 0 amide bonds. The number of aryl methyl sites for hydroxylation is 2. The molecule has 0 spiro atoms. The minimum atomic E-state index is -0.571. The van der Waals surface area contributed by atoms with Gasteiger partial charge in [-0.1, -0.05) is 20.3 Å². The lowest BCUT2D eigenvalue weighted by Crippen LogP contribution is -2.10. The lowest BCUT2D eigenvalue weighted by Gasteiger charge is -2.08. The SMILES string of the molecule is CCCCOC(=O)c1nc(CC)c2snc(C)c2c1O. The maximum atomic E-state index is 12.0. The zero-order valence-corrected chi connectivity index (χ0v) is 12.7. The Morgan fingerprint density at radius 3 is 2.80 bits per heavy atom. The number of carbonyl (C=O) groups excluding carboxylic acids is 1. The molecule has 0 bridgehead atoms. The molecule has 6 heteroatoms. The van der Waals surface area contributed by atoms with Gasteiger partial charge in [0.2, 0.25) is 0 Å². The number of fused-ring (bicyclic) bond motifs is 1. The lowest BCUT2D eigenvalue weighted by molar-refractivity contribution is 0.0489. The van der Waals surface area contributed by atoms with Gasteiger partial charge in [0.25, 0.3) is 0 Å². The molecule has 0 saturated heterocycles. The summed E-state index contributed by atoms with van der Waals surface area (Å²) in [5, 5.41) is 10.9. The van der Waals surface area contributed by atoms with Gasteiger partial charge >= 0.3 is 5.97 Å². The molecule has 0 aliphatic rings. The van der Waals surface area contributed by atoms with Gasteiger partial charge < -0.3 is 9.84 Å². The molecule has 20 heavy (non-hydrogen) atoms. The smallest absolute Gasteiger partial charge is 0.360 e. The molecule has 0 radical (unpaired) electrons. The van der Waals surface area contributed by atoms with E-state index in [0.717, 1.165) is 23.2 Å². The predicted octanol–water partition coefficient (Wildman–Crippen LogP) is 3.22. The van der Waals surface area contributed by atoms with Crippen LogP contribution in [0.3, 0.4) is 0 Å². The summed E-state index contributed by atoms with van der Waals surface area (Å²) < 4.78 is 10.2. The first kappa shape index (κ1) is 14.7. The molecule has 2 aromatic heterocycles. The second-order valence-corrected chi connectivity index (χ2v) is 5.34. The number of ether oxygens (including phenoxy) is 1. The molecule has 0 aliphatic heterocycles. The highest BCUT2D eigenvalue weighted by Gasteiger charge is 2.22. The number of aromatic hydroxyl groups is 1. The Morgan fingerprint density at radius 1 is 1.40 bits per heavy atom. The third-order valence-electron chi connectivity index (χ3n) is 3.09. The Hall–Kier alpha value is -1.69. The van der Waals surface area contributed by atoms with Crippen LogP contribution in [0.2, 0.25) is 0 Å². The monoisotopic (exact) mass is 294 g/mol. The van der Waals surface area contributed by atoms with Crippen molar-refractivity contribution in [2.75, 3.05) is 6.61 Å². The summed E-state index contributed by atoms with van der Waals surface area (Å²) in [5.41, 5.74) is 1.47. The van der Waals surface area contributed by atoms with Gasteiger partial charge in [-0.05, 0) is 31.3 Å². The van der Waals surface area contributed by atoms with Gasteiger partial charge in [-0.2, -0.15) is 4.37 Å². The molecule has 0 fully saturated rings. The summed E-state index contributed by atoms with van der Waals surface area (Å²) in [5.74, 6) is -0.692. The quantitative estimate of drug-likeness (QED) is 0.677. The number of esters is 1. The molecule has 1 N–H and O–H groups in total. The van der Waals surface area contributed by atoms with Crippen LogP contribution in [0.4, 0.5) is 0 Å². The number of pyridine rings is 1. The fourth-order valence-corrected chi connectivity index (χ4v) is 2.91. The van der Waals surface area contributed by atoms with E-state index in [9.17, 15) is 9.90 Å². The number of unbranched alkanes of at least 4 members (excludes halogenated alkanes) is 1. The van der Waals surface area contributed by atoms with Crippen molar-refractivity contribution in [3.8, 4) is 5.75 Å². The van der Waals surface area contributed by atoms with E-state index < -0.39 is 5.97 Å². The molecule has 5 nitrogen and oxygen atoms in total. The van der Waals surface area contributed by atoms with Crippen molar-refractivity contribution in [1.29, 1.82) is 0 Å². The highest BCUT2D eigenvalue weighted by molar-refractivity contribution is 7.13. The van der Waals surface area contributed by atoms with Gasteiger partial charge in [0.05, 0.1) is 28.1 Å². The Balaban J connectivity index is 2.45. The van der Waals surface area contributed by atoms with Crippen LogP contribution >= 0.6 is 11.5 Å². The van der Waals surface area contributed by atoms with E-state index in [4.69, 9.17) is 4.74 Å². The fourth-order valence-electron chi connectivity index (χ4n) is 1.96. The third kappa shape index (κ3) is 2.60. The number of hydrogen-bond acceptors (Lipinski definition) is 6. The van der Waals surface area contributed by atoms with Gasteiger partial charge in [0.1, 0.15) is 0 Å². The first-order valence-electron chi connectivity index (χ1n) is 6.75. The summed E-state index contributed by atoms with van der Waals surface area (Å²) in [6.45, 7) is 6.13. The van der Waals surface area contributed by atoms with Gasteiger partial charge in [-0.25, -0.2) is 9.78 Å². The summed E-state index contributed by atoms with van der Waals surface area (Å²) in [4.78, 5) is 16.3. The minimum absolute atomic E-state index is 0.00578. The highest BCUT2D eigenvalue weighted by atomic mass is 32.1. The van der Waals surface area contributed by atoms with Crippen molar-refractivity contribution >= 4 is 27.6 Å². The molecule has 2 heterocycles. The van der Waals surface area contributed by atoms with Crippen LogP contribution in [0.1, 0.15) is 48.6 Å². The Kier molecular flexibility index (Phi) is 4.54. The van der Waals surface area contributed by atoms with E-state index in [0.29, 0.717) is 24.1 Å². The van der Waals surface area contributed by atoms with Crippen molar-refractivity contribution in [1.82, 2.24) is 9.36 Å². The fraction of sp³-hybridized carbons (Fsp3) is 0.500. The molecule has 0 aromatic carbocycles. The van der Waals surface area contributed by atoms with Crippen molar-refractivity contribution in [2.24, 2.45) is 0 Å². The number of nitrogens with zero attached hydrogens (tertiary/aromatic N) is 2. The highest BCUT2D eigenvalue weighted by Crippen LogP contribution is 2.35. The molecular weight excluding hydrogens is 276 g/mol. The van der Waals surface area contributed by atoms with Gasteiger partial charge in [0, 0.05) is 0 Å². The van der Waals surface area contributed by atoms with Gasteiger partial charge in [0.15, 0.2) is 11.4 Å². The van der Waals surface area contributed by atoms with Crippen molar-refractivity contribution in [3.63, 3.8) is 0 Å². The van der Waals surface area contributed by atoms with Crippen LogP contribution in [0.5, 0.6) is 5.75 Å². The van der Waals surface area contributed by atoms with Crippen LogP contribution in [0, 0.1) is 6.92 Å². The van der Waals surface area contributed by atoms with Crippen molar-refractivity contribution in [2.45, 2.75) is 40.0 Å². The first-order chi connectivity index (χ1) is 9.60. The topological polar surface area (TPSA) is 72.3 Å². The molecule has 108 valence electrons. The molecule has 0 aliphatic carbocycles. The average molecular weight is 294 g/mol. The van der Waals surface area contributed by atoms with E-state index >= 15 is 0 Å².